The molecule has 0 aliphatic heterocycles. The lowest BCUT2D eigenvalue weighted by atomic mass is 10.2. The third kappa shape index (κ3) is 6.03. The Morgan fingerprint density at radius 1 is 1.13 bits per heavy atom. The molecule has 4 nitrogen and oxygen atoms in total. The summed E-state index contributed by atoms with van der Waals surface area (Å²) in [6, 6.07) is 6.67. The lowest BCUT2D eigenvalue weighted by Crippen LogP contribution is -2.43. The van der Waals surface area contributed by atoms with Crippen LogP contribution >= 0.6 is 0 Å². The highest BCUT2D eigenvalue weighted by Crippen LogP contribution is 2.37. The van der Waals surface area contributed by atoms with E-state index >= 15 is 0 Å². The summed E-state index contributed by atoms with van der Waals surface area (Å²) >= 11 is 0. The van der Waals surface area contributed by atoms with Crippen LogP contribution in [0.15, 0.2) is 29.2 Å². The van der Waals surface area contributed by atoms with Crippen molar-refractivity contribution in [1.29, 1.82) is 0 Å². The molecular weight excluding hydrogens is 328 g/mol. The smallest absolute Gasteiger partial charge is 0.296 e. The van der Waals surface area contributed by atoms with Crippen LogP contribution in [0.25, 0.3) is 0 Å². The molecule has 1 unspecified atom stereocenters. The zero-order valence-electron chi connectivity index (χ0n) is 15.3. The summed E-state index contributed by atoms with van der Waals surface area (Å²) in [6.45, 7) is 14.9. The van der Waals surface area contributed by atoms with Gasteiger partial charge >= 0.3 is 0 Å². The third-order valence-electron chi connectivity index (χ3n) is 4.37. The molecule has 1 rings (SSSR count). The number of benzene rings is 1. The Labute approximate surface area is 142 Å². The van der Waals surface area contributed by atoms with Gasteiger partial charge in [-0.05, 0) is 50.5 Å². The minimum Gasteiger partial charge on any atom is -0.414 e. The molecule has 0 saturated carbocycles. The fraction of sp³-hybridized carbons (Fsp3) is 0.647. The first-order chi connectivity index (χ1) is 10.3. The molecule has 0 aromatic heterocycles. The van der Waals surface area contributed by atoms with Gasteiger partial charge in [0.1, 0.15) is 0 Å². The van der Waals surface area contributed by atoms with E-state index in [9.17, 15) is 8.42 Å². The summed E-state index contributed by atoms with van der Waals surface area (Å²) in [5.74, 6) is 0. The fourth-order valence-corrected chi connectivity index (χ4v) is 4.23. The zero-order valence-corrected chi connectivity index (χ0v) is 17.2. The van der Waals surface area contributed by atoms with Gasteiger partial charge in [0.25, 0.3) is 10.1 Å². The number of aryl methyl sites for hydroxylation is 1. The average Bonchev–Trinajstić information content (AvgIpc) is 2.36. The van der Waals surface area contributed by atoms with E-state index in [1.807, 2.05) is 13.8 Å². The van der Waals surface area contributed by atoms with E-state index in [0.29, 0.717) is 6.42 Å². The van der Waals surface area contributed by atoms with Crippen LogP contribution in [0.2, 0.25) is 18.1 Å². The van der Waals surface area contributed by atoms with Crippen LogP contribution < -0.4 is 0 Å². The topological polar surface area (TPSA) is 52.6 Å². The summed E-state index contributed by atoms with van der Waals surface area (Å²) in [7, 11) is -5.53. The Balaban J connectivity index is 2.54. The van der Waals surface area contributed by atoms with Gasteiger partial charge in [-0.3, -0.25) is 4.18 Å². The Hall–Kier alpha value is -0.693. The van der Waals surface area contributed by atoms with Gasteiger partial charge in [0, 0.05) is 6.10 Å². The fourth-order valence-electron chi connectivity index (χ4n) is 1.84. The number of rotatable bonds is 7. The average molecular weight is 359 g/mol. The molecule has 0 amide bonds. The summed E-state index contributed by atoms with van der Waals surface area (Å²) in [5, 5.41) is 0.135. The lowest BCUT2D eigenvalue weighted by Gasteiger charge is -2.38. The van der Waals surface area contributed by atoms with Crippen LogP contribution in [0.1, 0.15) is 39.7 Å². The first kappa shape index (κ1) is 20.4. The minimum absolute atomic E-state index is 0.0240. The molecule has 0 saturated heterocycles. The van der Waals surface area contributed by atoms with E-state index in [2.05, 4.69) is 33.9 Å². The molecular formula is C17H30O4SSi. The van der Waals surface area contributed by atoms with Gasteiger partial charge in [-0.2, -0.15) is 8.42 Å². The molecule has 0 aliphatic rings. The second-order valence-corrected chi connectivity index (χ2v) is 13.9. The lowest BCUT2D eigenvalue weighted by molar-refractivity contribution is 0.163. The Kier molecular flexibility index (Phi) is 6.61. The Bertz CT molecular complexity index is 600. The van der Waals surface area contributed by atoms with Gasteiger partial charge in [-0.25, -0.2) is 0 Å². The molecule has 0 spiro atoms. The van der Waals surface area contributed by atoms with Gasteiger partial charge in [0.2, 0.25) is 0 Å². The predicted molar refractivity (Wildman–Crippen MR) is 96.7 cm³/mol. The Morgan fingerprint density at radius 2 is 1.65 bits per heavy atom. The maximum absolute atomic E-state index is 12.1. The highest BCUT2D eigenvalue weighted by Gasteiger charge is 2.38. The zero-order chi connectivity index (χ0) is 17.9. The standard InChI is InChI=1S/C17H30O4SSi/c1-14-8-10-16(11-9-14)22(18,19)20-13-12-15(2)21-23(6,7)17(3,4)5/h8-11,15H,12-13H2,1-7H3. The SMILES string of the molecule is Cc1ccc(S(=O)(=O)OCCC(C)O[Si](C)(C)C(C)(C)C)cc1. The largest absolute Gasteiger partial charge is 0.414 e. The van der Waals surface area contributed by atoms with Crippen LogP contribution in [-0.2, 0) is 18.7 Å². The maximum Gasteiger partial charge on any atom is 0.296 e. The maximum atomic E-state index is 12.1. The van der Waals surface area contributed by atoms with Crippen LogP contribution in [-0.4, -0.2) is 29.4 Å². The van der Waals surface area contributed by atoms with E-state index in [4.69, 9.17) is 8.61 Å². The van der Waals surface area contributed by atoms with Crippen molar-refractivity contribution in [2.75, 3.05) is 6.61 Å². The molecule has 0 bridgehead atoms. The number of hydrogen-bond donors (Lipinski definition) is 0. The van der Waals surface area contributed by atoms with Crippen molar-refractivity contribution >= 4 is 18.4 Å². The molecule has 0 aliphatic carbocycles. The molecule has 0 radical (unpaired) electrons. The molecule has 23 heavy (non-hydrogen) atoms. The number of hydrogen-bond acceptors (Lipinski definition) is 4. The third-order valence-corrected chi connectivity index (χ3v) is 10.3. The van der Waals surface area contributed by atoms with E-state index in [1.54, 1.807) is 24.3 Å². The summed E-state index contributed by atoms with van der Waals surface area (Å²) in [5.41, 5.74) is 1.01. The van der Waals surface area contributed by atoms with Crippen molar-refractivity contribution in [3.8, 4) is 0 Å². The van der Waals surface area contributed by atoms with Crippen LogP contribution in [0.4, 0.5) is 0 Å². The van der Waals surface area contributed by atoms with Gasteiger partial charge in [-0.15, -0.1) is 0 Å². The molecule has 1 atom stereocenters. The van der Waals surface area contributed by atoms with Crippen LogP contribution in [0.5, 0.6) is 0 Å². The second-order valence-electron chi connectivity index (χ2n) is 7.57. The predicted octanol–water partition coefficient (Wildman–Crippen LogP) is 4.50. The van der Waals surface area contributed by atoms with E-state index in [-0.39, 0.29) is 22.6 Å². The van der Waals surface area contributed by atoms with E-state index in [0.717, 1.165) is 5.56 Å². The normalized spacial score (nSPS) is 14.7. The van der Waals surface area contributed by atoms with E-state index < -0.39 is 18.4 Å². The highest BCUT2D eigenvalue weighted by atomic mass is 32.2. The quantitative estimate of drug-likeness (QED) is 0.532. The molecule has 0 N–H and O–H groups in total. The van der Waals surface area contributed by atoms with Gasteiger partial charge in [-0.1, -0.05) is 38.5 Å². The molecule has 0 heterocycles. The van der Waals surface area contributed by atoms with Crippen molar-refractivity contribution in [2.45, 2.75) is 70.2 Å². The molecule has 6 heteroatoms. The van der Waals surface area contributed by atoms with Crippen molar-refractivity contribution in [3.05, 3.63) is 29.8 Å². The molecule has 1 aromatic carbocycles. The molecule has 1 aromatic rings. The van der Waals surface area contributed by atoms with Crippen LogP contribution in [0, 0.1) is 6.92 Å². The first-order valence-electron chi connectivity index (χ1n) is 7.99. The van der Waals surface area contributed by atoms with Gasteiger partial charge in [0.05, 0.1) is 11.5 Å². The second kappa shape index (κ2) is 7.47. The summed E-state index contributed by atoms with van der Waals surface area (Å²) < 4.78 is 35.6. The van der Waals surface area contributed by atoms with Crippen molar-refractivity contribution in [3.63, 3.8) is 0 Å². The molecule has 0 fully saturated rings. The summed E-state index contributed by atoms with van der Waals surface area (Å²) in [4.78, 5) is 0.195. The Morgan fingerprint density at radius 3 is 2.13 bits per heavy atom. The van der Waals surface area contributed by atoms with Gasteiger partial charge < -0.3 is 4.43 Å². The van der Waals surface area contributed by atoms with Crippen LogP contribution in [0.3, 0.4) is 0 Å². The van der Waals surface area contributed by atoms with Gasteiger partial charge in [0.15, 0.2) is 8.32 Å². The monoisotopic (exact) mass is 358 g/mol. The van der Waals surface area contributed by atoms with Crippen molar-refractivity contribution in [1.82, 2.24) is 0 Å². The minimum atomic E-state index is -3.69. The van der Waals surface area contributed by atoms with E-state index in [1.165, 1.54) is 0 Å². The van der Waals surface area contributed by atoms with Crippen molar-refractivity contribution < 1.29 is 17.0 Å². The highest BCUT2D eigenvalue weighted by molar-refractivity contribution is 7.86. The van der Waals surface area contributed by atoms with Crippen molar-refractivity contribution in [2.24, 2.45) is 0 Å². The first-order valence-corrected chi connectivity index (χ1v) is 12.3. The summed E-state index contributed by atoms with van der Waals surface area (Å²) in [6.07, 6.45) is 0.529. The molecule has 132 valence electrons.